The largest absolute Gasteiger partial charge is 0.486 e. The molecule has 0 unspecified atom stereocenters. The Balaban J connectivity index is 1.80. The number of benzene rings is 1. The summed E-state index contributed by atoms with van der Waals surface area (Å²) in [5.41, 5.74) is 0.686. The summed E-state index contributed by atoms with van der Waals surface area (Å²) in [5, 5.41) is 1.02. The van der Waals surface area contributed by atoms with Gasteiger partial charge >= 0.3 is 0 Å². The van der Waals surface area contributed by atoms with Crippen LogP contribution in [0.15, 0.2) is 12.4 Å². The lowest BCUT2D eigenvalue weighted by atomic mass is 10.1. The minimum atomic E-state index is 0.109. The van der Waals surface area contributed by atoms with E-state index in [4.69, 9.17) is 30.5 Å². The van der Waals surface area contributed by atoms with Crippen LogP contribution in [0.2, 0.25) is 5.15 Å². The summed E-state index contributed by atoms with van der Waals surface area (Å²) in [6.07, 6.45) is 3.26. The molecule has 1 saturated heterocycles. The Morgan fingerprint density at radius 1 is 1.05 bits per heavy atom. The molecule has 0 amide bonds. The molecule has 3 heterocycles. The minimum absolute atomic E-state index is 0.109. The first-order chi connectivity index (χ1) is 10.8. The van der Waals surface area contributed by atoms with E-state index in [0.29, 0.717) is 59.7 Å². The van der Waals surface area contributed by atoms with E-state index in [-0.39, 0.29) is 6.10 Å². The van der Waals surface area contributed by atoms with Crippen molar-refractivity contribution in [2.45, 2.75) is 18.9 Å². The molecule has 22 heavy (non-hydrogen) atoms. The van der Waals surface area contributed by atoms with Gasteiger partial charge in [-0.15, -0.1) is 0 Å². The molecule has 0 atom stereocenters. The zero-order valence-corrected chi connectivity index (χ0v) is 12.6. The molecule has 2 aliphatic heterocycles. The van der Waals surface area contributed by atoms with Gasteiger partial charge in [-0.2, -0.15) is 0 Å². The van der Waals surface area contributed by atoms with E-state index in [2.05, 4.69) is 9.97 Å². The Hall–Kier alpha value is -1.79. The lowest BCUT2D eigenvalue weighted by Gasteiger charge is -2.27. The van der Waals surface area contributed by atoms with Gasteiger partial charge < -0.3 is 18.9 Å². The number of hydrogen-bond acceptors (Lipinski definition) is 6. The van der Waals surface area contributed by atoms with Crippen LogP contribution in [-0.4, -0.2) is 42.5 Å². The van der Waals surface area contributed by atoms with Gasteiger partial charge in [-0.3, -0.25) is 0 Å². The molecule has 1 aromatic heterocycles. The van der Waals surface area contributed by atoms with E-state index in [1.54, 1.807) is 0 Å². The van der Waals surface area contributed by atoms with E-state index in [0.717, 1.165) is 12.8 Å². The third kappa shape index (κ3) is 2.42. The molecule has 0 radical (unpaired) electrons. The zero-order valence-electron chi connectivity index (χ0n) is 11.9. The van der Waals surface area contributed by atoms with Crippen LogP contribution < -0.4 is 14.2 Å². The highest BCUT2D eigenvalue weighted by Crippen LogP contribution is 2.46. The maximum absolute atomic E-state index is 6.19. The van der Waals surface area contributed by atoms with Crippen LogP contribution in [0.1, 0.15) is 12.8 Å². The highest BCUT2D eigenvalue weighted by Gasteiger charge is 2.26. The van der Waals surface area contributed by atoms with E-state index in [1.807, 2.05) is 6.07 Å². The molecule has 6 nitrogen and oxygen atoms in total. The molecule has 0 spiro atoms. The smallest absolute Gasteiger partial charge is 0.204 e. The van der Waals surface area contributed by atoms with Crippen LogP contribution >= 0.6 is 11.6 Å². The highest BCUT2D eigenvalue weighted by atomic mass is 35.5. The Labute approximate surface area is 132 Å². The van der Waals surface area contributed by atoms with Crippen LogP contribution in [-0.2, 0) is 4.74 Å². The Morgan fingerprint density at radius 2 is 1.82 bits per heavy atom. The third-order valence-electron chi connectivity index (χ3n) is 3.79. The third-order valence-corrected chi connectivity index (χ3v) is 4.08. The van der Waals surface area contributed by atoms with Gasteiger partial charge in [0.05, 0.1) is 24.1 Å². The number of ether oxygens (including phenoxy) is 4. The fourth-order valence-electron chi connectivity index (χ4n) is 2.73. The molecule has 1 aromatic carbocycles. The van der Waals surface area contributed by atoms with Gasteiger partial charge in [0, 0.05) is 18.9 Å². The average Bonchev–Trinajstić information content (AvgIpc) is 2.56. The van der Waals surface area contributed by atoms with Crippen molar-refractivity contribution < 1.29 is 18.9 Å². The van der Waals surface area contributed by atoms with Gasteiger partial charge in [0.1, 0.15) is 30.8 Å². The Kier molecular flexibility index (Phi) is 3.63. The van der Waals surface area contributed by atoms with Crippen molar-refractivity contribution in [2.75, 3.05) is 26.4 Å². The summed E-state index contributed by atoms with van der Waals surface area (Å²) in [5.74, 6) is 1.79. The number of aromatic nitrogens is 2. The van der Waals surface area contributed by atoms with Crippen LogP contribution in [0.25, 0.3) is 10.9 Å². The standard InChI is InChI=1S/C15H15ClN2O4/c16-15-12-10(17-8-18-15)7-11(13-14(12)21-6-5-20-13)22-9-1-3-19-4-2-9/h7-9H,1-6H2. The summed E-state index contributed by atoms with van der Waals surface area (Å²) in [4.78, 5) is 8.29. The fraction of sp³-hybridized carbons (Fsp3) is 0.467. The number of rotatable bonds is 2. The van der Waals surface area contributed by atoms with Gasteiger partial charge in [0.15, 0.2) is 11.5 Å². The Morgan fingerprint density at radius 3 is 2.64 bits per heavy atom. The molecule has 4 rings (SSSR count). The van der Waals surface area contributed by atoms with Crippen molar-refractivity contribution in [1.29, 1.82) is 0 Å². The molecule has 2 aliphatic rings. The van der Waals surface area contributed by atoms with Gasteiger partial charge in [0.2, 0.25) is 5.75 Å². The summed E-state index contributed by atoms with van der Waals surface area (Å²) >= 11 is 6.19. The average molecular weight is 323 g/mol. The van der Waals surface area contributed by atoms with Gasteiger partial charge in [-0.05, 0) is 0 Å². The van der Waals surface area contributed by atoms with Crippen LogP contribution in [0.4, 0.5) is 0 Å². The van der Waals surface area contributed by atoms with Crippen molar-refractivity contribution in [3.8, 4) is 17.2 Å². The number of halogens is 1. The number of fused-ring (bicyclic) bond motifs is 3. The number of hydrogen-bond donors (Lipinski definition) is 0. The van der Waals surface area contributed by atoms with Gasteiger partial charge in [0.25, 0.3) is 0 Å². The lowest BCUT2D eigenvalue weighted by Crippen LogP contribution is -2.26. The summed E-state index contributed by atoms with van der Waals surface area (Å²) in [7, 11) is 0. The van der Waals surface area contributed by atoms with Crippen molar-refractivity contribution in [2.24, 2.45) is 0 Å². The van der Waals surface area contributed by atoms with Crippen molar-refractivity contribution in [1.82, 2.24) is 9.97 Å². The minimum Gasteiger partial charge on any atom is -0.486 e. The first kappa shape index (κ1) is 13.8. The van der Waals surface area contributed by atoms with E-state index < -0.39 is 0 Å². The SMILES string of the molecule is Clc1ncnc2cc(OC3CCOCC3)c3c(c12)OCCO3. The summed E-state index contributed by atoms with van der Waals surface area (Å²) in [6, 6.07) is 1.84. The second kappa shape index (κ2) is 5.78. The van der Waals surface area contributed by atoms with Crippen LogP contribution in [0, 0.1) is 0 Å². The van der Waals surface area contributed by atoms with Crippen molar-refractivity contribution in [3.05, 3.63) is 17.5 Å². The van der Waals surface area contributed by atoms with E-state index in [9.17, 15) is 0 Å². The molecule has 0 saturated carbocycles. The van der Waals surface area contributed by atoms with Gasteiger partial charge in [-0.25, -0.2) is 9.97 Å². The van der Waals surface area contributed by atoms with Crippen molar-refractivity contribution in [3.63, 3.8) is 0 Å². The molecular weight excluding hydrogens is 308 g/mol. The lowest BCUT2D eigenvalue weighted by molar-refractivity contribution is 0.0234. The first-order valence-corrected chi connectivity index (χ1v) is 7.68. The number of nitrogens with zero attached hydrogens (tertiary/aromatic N) is 2. The molecule has 116 valence electrons. The molecule has 0 bridgehead atoms. The maximum Gasteiger partial charge on any atom is 0.204 e. The van der Waals surface area contributed by atoms with Gasteiger partial charge in [-0.1, -0.05) is 11.6 Å². The predicted molar refractivity (Wildman–Crippen MR) is 80.0 cm³/mol. The predicted octanol–water partition coefficient (Wildman–Crippen LogP) is 2.61. The molecule has 7 heteroatoms. The molecular formula is C15H15ClN2O4. The highest BCUT2D eigenvalue weighted by molar-refractivity contribution is 6.34. The van der Waals surface area contributed by atoms with Crippen LogP contribution in [0.5, 0.6) is 17.2 Å². The second-order valence-corrected chi connectivity index (χ2v) is 5.58. The first-order valence-electron chi connectivity index (χ1n) is 7.30. The zero-order chi connectivity index (χ0) is 14.9. The molecule has 1 fully saturated rings. The van der Waals surface area contributed by atoms with Crippen LogP contribution in [0.3, 0.4) is 0 Å². The molecule has 2 aromatic rings. The molecule has 0 N–H and O–H groups in total. The van der Waals surface area contributed by atoms with Crippen molar-refractivity contribution >= 4 is 22.5 Å². The fourth-order valence-corrected chi connectivity index (χ4v) is 2.96. The molecule has 0 aliphatic carbocycles. The quantitative estimate of drug-likeness (QED) is 0.792. The van der Waals surface area contributed by atoms with E-state index >= 15 is 0 Å². The van der Waals surface area contributed by atoms with E-state index in [1.165, 1.54) is 6.33 Å². The summed E-state index contributed by atoms with van der Waals surface area (Å²) in [6.45, 7) is 2.37. The second-order valence-electron chi connectivity index (χ2n) is 5.22. The monoisotopic (exact) mass is 322 g/mol. The maximum atomic E-state index is 6.19. The Bertz CT molecular complexity index is 703. The normalized spacial score (nSPS) is 18.4. The topological polar surface area (TPSA) is 62.7 Å². The summed E-state index contributed by atoms with van der Waals surface area (Å²) < 4.78 is 23.0.